The molecule has 1 aromatic carbocycles. The number of rotatable bonds is 5. The number of benzene rings is 1. The molecule has 0 atom stereocenters. The van der Waals surface area contributed by atoms with Crippen molar-refractivity contribution < 1.29 is 19.1 Å². The summed E-state index contributed by atoms with van der Waals surface area (Å²) in [7, 11) is 3.66. The fourth-order valence-electron chi connectivity index (χ4n) is 3.21. The predicted octanol–water partition coefficient (Wildman–Crippen LogP) is 2.57. The van der Waals surface area contributed by atoms with Crippen molar-refractivity contribution in [1.29, 1.82) is 0 Å². The van der Waals surface area contributed by atoms with Gasteiger partial charge in [0.1, 0.15) is 12.0 Å². The average Bonchev–Trinajstić information content (AvgIpc) is 3.22. The number of nitrogens with zero attached hydrogens (tertiary/aromatic N) is 2. The number of hydrogen-bond acceptors (Lipinski definition) is 2. The number of carboxylic acids is 1. The SMILES string of the molecule is COc1ccc(-c2cc(CCC(=O)O)n3c2C=C2C=CC=[N+]2[B]3)cc1. The van der Waals surface area contributed by atoms with Crippen LogP contribution >= 0.6 is 0 Å². The zero-order valence-electron chi connectivity index (χ0n) is 13.8. The quantitative estimate of drug-likeness (QED) is 0.857. The lowest BCUT2D eigenvalue weighted by Crippen LogP contribution is -2.27. The molecule has 1 N–H and O–H groups in total. The summed E-state index contributed by atoms with van der Waals surface area (Å²) in [6.45, 7) is 0. The van der Waals surface area contributed by atoms with Gasteiger partial charge in [0.15, 0.2) is 5.70 Å². The van der Waals surface area contributed by atoms with E-state index in [4.69, 9.17) is 9.84 Å². The van der Waals surface area contributed by atoms with Crippen molar-refractivity contribution >= 4 is 25.8 Å². The molecule has 5 nitrogen and oxygen atoms in total. The lowest BCUT2D eigenvalue weighted by molar-refractivity contribution is -0.306. The van der Waals surface area contributed by atoms with E-state index in [0.29, 0.717) is 6.42 Å². The first-order chi connectivity index (χ1) is 12.2. The van der Waals surface area contributed by atoms with Crippen molar-refractivity contribution in [1.82, 2.24) is 4.48 Å². The van der Waals surface area contributed by atoms with E-state index in [1.54, 1.807) is 7.11 Å². The molecule has 1 radical (unpaired) electrons. The molecule has 0 amide bonds. The summed E-state index contributed by atoms with van der Waals surface area (Å²) in [6.07, 6.45) is 8.77. The van der Waals surface area contributed by atoms with E-state index in [1.165, 1.54) is 0 Å². The first kappa shape index (κ1) is 15.5. The Morgan fingerprint density at radius 3 is 2.84 bits per heavy atom. The minimum atomic E-state index is -0.789. The molecule has 0 spiro atoms. The van der Waals surface area contributed by atoms with Crippen LogP contribution in [0.3, 0.4) is 0 Å². The Kier molecular flexibility index (Phi) is 3.80. The summed E-state index contributed by atoms with van der Waals surface area (Å²) in [5.41, 5.74) is 5.32. The van der Waals surface area contributed by atoms with Gasteiger partial charge in [0, 0.05) is 35.2 Å². The number of allylic oxidation sites excluding steroid dienone is 2. The molecule has 6 heteroatoms. The second kappa shape index (κ2) is 6.13. The topological polar surface area (TPSA) is 54.5 Å². The highest BCUT2D eigenvalue weighted by Gasteiger charge is 2.31. The molecular weight excluding hydrogens is 315 g/mol. The third-order valence-electron chi connectivity index (χ3n) is 4.49. The Hall–Kier alpha value is -3.02. The number of carbonyl (C=O) groups is 1. The van der Waals surface area contributed by atoms with Crippen LogP contribution in [0, 0.1) is 0 Å². The maximum Gasteiger partial charge on any atom is 0.699 e. The first-order valence-electron chi connectivity index (χ1n) is 8.12. The molecule has 0 unspecified atom stereocenters. The normalized spacial score (nSPS) is 14.3. The third-order valence-corrected chi connectivity index (χ3v) is 4.49. The smallest absolute Gasteiger partial charge is 0.497 e. The number of methoxy groups -OCH3 is 1. The van der Waals surface area contributed by atoms with Gasteiger partial charge in [0.2, 0.25) is 0 Å². The monoisotopic (exact) mass is 332 g/mol. The number of ether oxygens (including phenoxy) is 1. The van der Waals surface area contributed by atoms with Crippen molar-refractivity contribution in [3.8, 4) is 16.9 Å². The minimum absolute atomic E-state index is 0.109. The zero-order chi connectivity index (χ0) is 17.4. The van der Waals surface area contributed by atoms with Crippen LogP contribution in [0.25, 0.3) is 17.2 Å². The minimum Gasteiger partial charge on any atom is -0.497 e. The van der Waals surface area contributed by atoms with Gasteiger partial charge in [-0.3, -0.25) is 9.28 Å². The van der Waals surface area contributed by atoms with Crippen LogP contribution in [-0.2, 0) is 11.2 Å². The number of aliphatic carboxylic acids is 1. The second-order valence-electron chi connectivity index (χ2n) is 6.03. The van der Waals surface area contributed by atoms with E-state index in [1.807, 2.05) is 48.6 Å². The van der Waals surface area contributed by atoms with Gasteiger partial charge in [-0.1, -0.05) is 12.1 Å². The lowest BCUT2D eigenvalue weighted by Gasteiger charge is -2.12. The number of hydrogen-bond donors (Lipinski definition) is 1. The Balaban J connectivity index is 1.80. The highest BCUT2D eigenvalue weighted by atomic mass is 16.5. The van der Waals surface area contributed by atoms with Gasteiger partial charge < -0.3 is 14.3 Å². The molecule has 4 rings (SSSR count). The standard InChI is InChI=1S/C19H17BN2O3/c1-25-16-7-4-13(5-8-16)17-11-15(6-9-19(23)24)22-18(17)12-14-3-2-10-21(14)20-22/h2-5,7-8,10-12H,6,9H2,1H3,(H,23,24)/q+1. The summed E-state index contributed by atoms with van der Waals surface area (Å²) in [5, 5.41) is 9.04. The second-order valence-corrected chi connectivity index (χ2v) is 6.03. The van der Waals surface area contributed by atoms with Crippen LogP contribution in [0.5, 0.6) is 5.75 Å². The van der Waals surface area contributed by atoms with Crippen LogP contribution in [0.4, 0.5) is 0 Å². The Labute approximate surface area is 146 Å². The molecule has 2 aromatic rings. The number of aromatic nitrogens is 1. The molecule has 3 heterocycles. The third kappa shape index (κ3) is 2.80. The lowest BCUT2D eigenvalue weighted by atomic mass is 10.00. The summed E-state index contributed by atoms with van der Waals surface area (Å²) in [4.78, 5) is 11.0. The van der Waals surface area contributed by atoms with E-state index in [-0.39, 0.29) is 6.42 Å². The van der Waals surface area contributed by atoms with E-state index in [9.17, 15) is 4.79 Å². The van der Waals surface area contributed by atoms with Gasteiger partial charge in [-0.05, 0) is 30.2 Å². The van der Waals surface area contributed by atoms with Crippen LogP contribution < -0.4 is 4.74 Å². The fraction of sp³-hybridized carbons (Fsp3) is 0.158. The van der Waals surface area contributed by atoms with E-state index >= 15 is 0 Å². The molecule has 1 aromatic heterocycles. The summed E-state index contributed by atoms with van der Waals surface area (Å²) in [5.74, 6) is 0.0235. The van der Waals surface area contributed by atoms with E-state index in [2.05, 4.69) is 22.7 Å². The molecule has 0 aliphatic carbocycles. The molecule has 123 valence electrons. The number of fused-ring (bicyclic) bond motifs is 2. The van der Waals surface area contributed by atoms with Gasteiger partial charge >= 0.3 is 13.5 Å². The summed E-state index contributed by atoms with van der Waals surface area (Å²) < 4.78 is 9.35. The molecule has 25 heavy (non-hydrogen) atoms. The van der Waals surface area contributed by atoms with Crippen molar-refractivity contribution in [2.24, 2.45) is 0 Å². The summed E-state index contributed by atoms with van der Waals surface area (Å²) in [6, 6.07) is 10.0. The average molecular weight is 332 g/mol. The predicted molar refractivity (Wildman–Crippen MR) is 97.0 cm³/mol. The van der Waals surface area contributed by atoms with Gasteiger partial charge in [-0.2, -0.15) is 0 Å². The van der Waals surface area contributed by atoms with Crippen LogP contribution in [0.15, 0.2) is 48.2 Å². The fourth-order valence-corrected chi connectivity index (χ4v) is 3.21. The van der Waals surface area contributed by atoms with Crippen LogP contribution in [0.2, 0.25) is 0 Å². The highest BCUT2D eigenvalue weighted by molar-refractivity contribution is 6.27. The molecule has 2 aliphatic rings. The van der Waals surface area contributed by atoms with Crippen molar-refractivity contribution in [2.75, 3.05) is 7.11 Å². The van der Waals surface area contributed by atoms with E-state index in [0.717, 1.165) is 34.0 Å². The molecule has 0 saturated carbocycles. The Bertz CT molecular complexity index is 936. The highest BCUT2D eigenvalue weighted by Crippen LogP contribution is 2.33. The molecule has 0 bridgehead atoms. The van der Waals surface area contributed by atoms with Gasteiger partial charge in [0.25, 0.3) is 0 Å². The molecule has 0 saturated heterocycles. The Morgan fingerprint density at radius 2 is 2.12 bits per heavy atom. The Morgan fingerprint density at radius 1 is 1.32 bits per heavy atom. The first-order valence-corrected chi connectivity index (χ1v) is 8.12. The van der Waals surface area contributed by atoms with Crippen molar-refractivity contribution in [2.45, 2.75) is 12.8 Å². The van der Waals surface area contributed by atoms with E-state index < -0.39 is 5.97 Å². The molecule has 0 fully saturated rings. The van der Waals surface area contributed by atoms with Crippen molar-refractivity contribution in [3.63, 3.8) is 0 Å². The van der Waals surface area contributed by atoms with Gasteiger partial charge in [-0.25, -0.2) is 0 Å². The molecule has 2 aliphatic heterocycles. The van der Waals surface area contributed by atoms with Gasteiger partial charge in [-0.15, -0.1) is 0 Å². The summed E-state index contributed by atoms with van der Waals surface area (Å²) >= 11 is 0. The molecular formula is C19H17BN2O3+. The maximum atomic E-state index is 11.0. The van der Waals surface area contributed by atoms with Crippen molar-refractivity contribution in [3.05, 3.63) is 59.6 Å². The van der Waals surface area contributed by atoms with Crippen LogP contribution in [-0.4, -0.2) is 40.9 Å². The maximum absolute atomic E-state index is 11.0. The number of aryl methyl sites for hydroxylation is 1. The van der Waals surface area contributed by atoms with Crippen LogP contribution in [0.1, 0.15) is 17.8 Å². The number of carboxylic acid groups (broad SMARTS) is 1. The largest absolute Gasteiger partial charge is 0.699 e. The zero-order valence-corrected chi connectivity index (χ0v) is 13.8. The van der Waals surface area contributed by atoms with Gasteiger partial charge in [0.05, 0.1) is 13.5 Å².